The SMILES string of the molecule is C1=C(CCc2ccccc2)c2ccc3ccccc3c2CC1. The van der Waals surface area contributed by atoms with Crippen LogP contribution in [0.2, 0.25) is 0 Å². The summed E-state index contributed by atoms with van der Waals surface area (Å²) in [6, 6.07) is 24.2. The van der Waals surface area contributed by atoms with Gasteiger partial charge in [0.05, 0.1) is 0 Å². The third kappa shape index (κ3) is 2.46. The predicted octanol–water partition coefficient (Wildman–Crippen LogP) is 5.80. The van der Waals surface area contributed by atoms with E-state index in [2.05, 4.69) is 72.8 Å². The maximum Gasteiger partial charge on any atom is -0.0146 e. The van der Waals surface area contributed by atoms with Crippen molar-refractivity contribution in [1.29, 1.82) is 0 Å². The lowest BCUT2D eigenvalue weighted by atomic mass is 9.85. The first-order valence-corrected chi connectivity index (χ1v) is 8.16. The summed E-state index contributed by atoms with van der Waals surface area (Å²) < 4.78 is 0. The molecule has 1 aliphatic carbocycles. The number of hydrogen-bond donors (Lipinski definition) is 0. The molecule has 0 N–H and O–H groups in total. The van der Waals surface area contributed by atoms with E-state index in [-0.39, 0.29) is 0 Å². The summed E-state index contributed by atoms with van der Waals surface area (Å²) >= 11 is 0. The minimum atomic E-state index is 1.12. The first-order valence-electron chi connectivity index (χ1n) is 8.16. The van der Waals surface area contributed by atoms with Crippen LogP contribution in [0.15, 0.2) is 72.8 Å². The molecule has 1 aliphatic rings. The van der Waals surface area contributed by atoms with Gasteiger partial charge >= 0.3 is 0 Å². The molecular weight excluding hydrogens is 264 g/mol. The van der Waals surface area contributed by atoms with Crippen LogP contribution in [0.5, 0.6) is 0 Å². The smallest absolute Gasteiger partial charge is 0.0146 e. The minimum absolute atomic E-state index is 1.12. The van der Waals surface area contributed by atoms with Crippen LogP contribution in [-0.2, 0) is 12.8 Å². The molecule has 0 fully saturated rings. The molecular formula is C22H20. The average molecular weight is 284 g/mol. The second-order valence-corrected chi connectivity index (χ2v) is 6.07. The fourth-order valence-corrected chi connectivity index (χ4v) is 3.57. The molecule has 3 aromatic carbocycles. The number of hydrogen-bond acceptors (Lipinski definition) is 0. The van der Waals surface area contributed by atoms with Crippen LogP contribution < -0.4 is 0 Å². The number of aryl methyl sites for hydroxylation is 2. The largest absolute Gasteiger partial charge is 0.0804 e. The Bertz CT molecular complexity index is 825. The molecule has 108 valence electrons. The molecule has 0 unspecified atom stereocenters. The van der Waals surface area contributed by atoms with E-state index in [1.165, 1.54) is 40.3 Å². The topological polar surface area (TPSA) is 0 Å². The van der Waals surface area contributed by atoms with Gasteiger partial charge in [0.15, 0.2) is 0 Å². The highest BCUT2D eigenvalue weighted by Gasteiger charge is 2.14. The number of benzene rings is 3. The van der Waals surface area contributed by atoms with Crippen molar-refractivity contribution in [2.75, 3.05) is 0 Å². The number of allylic oxidation sites excluding steroid dienone is 2. The van der Waals surface area contributed by atoms with Crippen LogP contribution in [0.25, 0.3) is 16.3 Å². The van der Waals surface area contributed by atoms with E-state index < -0.39 is 0 Å². The Hall–Kier alpha value is -2.34. The molecule has 4 rings (SSSR count). The number of rotatable bonds is 3. The predicted molar refractivity (Wildman–Crippen MR) is 95.0 cm³/mol. The molecule has 0 aromatic heterocycles. The fraction of sp³-hybridized carbons (Fsp3) is 0.182. The van der Waals surface area contributed by atoms with E-state index in [4.69, 9.17) is 0 Å². The molecule has 0 bridgehead atoms. The van der Waals surface area contributed by atoms with Crippen LogP contribution in [0, 0.1) is 0 Å². The second-order valence-electron chi connectivity index (χ2n) is 6.07. The first kappa shape index (κ1) is 13.3. The number of fused-ring (bicyclic) bond motifs is 3. The van der Waals surface area contributed by atoms with Gasteiger partial charge in [0.25, 0.3) is 0 Å². The van der Waals surface area contributed by atoms with Crippen molar-refractivity contribution >= 4 is 16.3 Å². The van der Waals surface area contributed by atoms with Crippen LogP contribution in [0.1, 0.15) is 29.5 Å². The molecule has 0 saturated heterocycles. The lowest BCUT2D eigenvalue weighted by molar-refractivity contribution is 0.944. The maximum absolute atomic E-state index is 2.44. The third-order valence-electron chi connectivity index (χ3n) is 4.70. The molecule has 0 heterocycles. The van der Waals surface area contributed by atoms with Gasteiger partial charge in [-0.3, -0.25) is 0 Å². The Morgan fingerprint density at radius 3 is 2.45 bits per heavy atom. The van der Waals surface area contributed by atoms with Gasteiger partial charge < -0.3 is 0 Å². The van der Waals surface area contributed by atoms with Crippen molar-refractivity contribution in [1.82, 2.24) is 0 Å². The minimum Gasteiger partial charge on any atom is -0.0804 e. The highest BCUT2D eigenvalue weighted by Crippen LogP contribution is 2.34. The summed E-state index contributed by atoms with van der Waals surface area (Å²) in [5.74, 6) is 0. The van der Waals surface area contributed by atoms with Crippen molar-refractivity contribution in [2.45, 2.75) is 25.7 Å². The van der Waals surface area contributed by atoms with Gasteiger partial charge in [0.2, 0.25) is 0 Å². The molecule has 0 heteroatoms. The molecule has 22 heavy (non-hydrogen) atoms. The molecule has 0 spiro atoms. The van der Waals surface area contributed by atoms with Crippen molar-refractivity contribution in [3.63, 3.8) is 0 Å². The summed E-state index contributed by atoms with van der Waals surface area (Å²) in [6.07, 6.45) is 7.05. The lowest BCUT2D eigenvalue weighted by Crippen LogP contribution is -2.02. The zero-order valence-corrected chi connectivity index (χ0v) is 12.8. The summed E-state index contributed by atoms with van der Waals surface area (Å²) in [5, 5.41) is 2.80. The van der Waals surface area contributed by atoms with Crippen molar-refractivity contribution < 1.29 is 0 Å². The molecule has 0 radical (unpaired) electrons. The van der Waals surface area contributed by atoms with Gasteiger partial charge in [-0.2, -0.15) is 0 Å². The Labute approximate surface area is 132 Å². The van der Waals surface area contributed by atoms with Gasteiger partial charge in [-0.05, 0) is 58.7 Å². The summed E-state index contributed by atoms with van der Waals surface area (Å²) in [4.78, 5) is 0. The van der Waals surface area contributed by atoms with Crippen LogP contribution in [-0.4, -0.2) is 0 Å². The van der Waals surface area contributed by atoms with E-state index in [1.807, 2.05) is 0 Å². The molecule has 0 nitrogen and oxygen atoms in total. The molecule has 3 aromatic rings. The van der Waals surface area contributed by atoms with E-state index in [0.29, 0.717) is 0 Å². The fourth-order valence-electron chi connectivity index (χ4n) is 3.57. The van der Waals surface area contributed by atoms with Gasteiger partial charge in [-0.1, -0.05) is 72.8 Å². The van der Waals surface area contributed by atoms with Crippen molar-refractivity contribution in [2.24, 2.45) is 0 Å². The molecule has 0 saturated carbocycles. The summed E-state index contributed by atoms with van der Waals surface area (Å²) in [7, 11) is 0. The Morgan fingerprint density at radius 1 is 0.727 bits per heavy atom. The van der Waals surface area contributed by atoms with Crippen molar-refractivity contribution in [3.8, 4) is 0 Å². The van der Waals surface area contributed by atoms with Crippen LogP contribution in [0.3, 0.4) is 0 Å². The molecule has 0 atom stereocenters. The third-order valence-corrected chi connectivity index (χ3v) is 4.70. The second kappa shape index (κ2) is 5.81. The van der Waals surface area contributed by atoms with Crippen LogP contribution in [0.4, 0.5) is 0 Å². The average Bonchev–Trinajstić information content (AvgIpc) is 2.60. The van der Waals surface area contributed by atoms with Gasteiger partial charge in [-0.25, -0.2) is 0 Å². The van der Waals surface area contributed by atoms with Gasteiger partial charge in [-0.15, -0.1) is 0 Å². The van der Waals surface area contributed by atoms with Crippen LogP contribution >= 0.6 is 0 Å². The summed E-state index contributed by atoms with van der Waals surface area (Å²) in [5.41, 5.74) is 5.97. The maximum atomic E-state index is 2.44. The zero-order chi connectivity index (χ0) is 14.8. The normalized spacial score (nSPS) is 13.7. The molecule has 0 amide bonds. The Morgan fingerprint density at radius 2 is 1.55 bits per heavy atom. The monoisotopic (exact) mass is 284 g/mol. The lowest BCUT2D eigenvalue weighted by Gasteiger charge is -2.20. The van der Waals surface area contributed by atoms with E-state index in [1.54, 1.807) is 5.56 Å². The zero-order valence-electron chi connectivity index (χ0n) is 12.8. The van der Waals surface area contributed by atoms with Crippen molar-refractivity contribution in [3.05, 3.63) is 89.5 Å². The van der Waals surface area contributed by atoms with Gasteiger partial charge in [0.1, 0.15) is 0 Å². The quantitative estimate of drug-likeness (QED) is 0.570. The van der Waals surface area contributed by atoms with E-state index >= 15 is 0 Å². The molecule has 0 aliphatic heterocycles. The summed E-state index contributed by atoms with van der Waals surface area (Å²) in [6.45, 7) is 0. The highest BCUT2D eigenvalue weighted by molar-refractivity contribution is 5.91. The Kier molecular flexibility index (Phi) is 3.52. The first-order chi connectivity index (χ1) is 10.9. The Balaban J connectivity index is 1.66. The standard InChI is InChI=1S/C22H20/c1-2-7-17(8-3-1)13-14-19-10-6-12-22-20-11-5-4-9-18(20)15-16-21(19)22/h1-5,7-11,15-16H,6,12-14H2. The van der Waals surface area contributed by atoms with Gasteiger partial charge in [0, 0.05) is 0 Å². The van der Waals surface area contributed by atoms with E-state index in [0.717, 1.165) is 12.8 Å². The van der Waals surface area contributed by atoms with E-state index in [9.17, 15) is 0 Å². The highest BCUT2D eigenvalue weighted by atomic mass is 14.2.